The first kappa shape index (κ1) is 20.3. The first-order chi connectivity index (χ1) is 12.2. The Balaban J connectivity index is 1.87. The monoisotopic (exact) mass is 422 g/mol. The topological polar surface area (TPSA) is 102 Å². The second kappa shape index (κ2) is 8.57. The lowest BCUT2D eigenvalue weighted by Gasteiger charge is -2.16. The molecule has 140 valence electrons. The quantitative estimate of drug-likeness (QED) is 0.590. The maximum Gasteiger partial charge on any atom is 0.423 e. The molecular weight excluding hydrogens is 411 g/mol. The molecule has 1 saturated heterocycles. The molecule has 1 aliphatic rings. The molecular formula is C15H13Cl3N2O6. The van der Waals surface area contributed by atoms with Crippen molar-refractivity contribution in [2.75, 3.05) is 6.61 Å². The van der Waals surface area contributed by atoms with Crippen molar-refractivity contribution >= 4 is 58.8 Å². The van der Waals surface area contributed by atoms with Gasteiger partial charge in [-0.05, 0) is 5.56 Å². The number of carbonyl (C=O) groups is 4. The summed E-state index contributed by atoms with van der Waals surface area (Å²) in [6.07, 6.45) is -2.60. The van der Waals surface area contributed by atoms with Crippen LogP contribution in [-0.4, -0.2) is 45.3 Å². The van der Waals surface area contributed by atoms with Crippen LogP contribution in [0.25, 0.3) is 0 Å². The molecule has 1 fully saturated rings. The Hall–Kier alpha value is -2.03. The summed E-state index contributed by atoms with van der Waals surface area (Å²) in [6.45, 7) is -0.665. The van der Waals surface area contributed by atoms with Crippen molar-refractivity contribution in [2.24, 2.45) is 0 Å². The minimum Gasteiger partial charge on any atom is -0.445 e. The van der Waals surface area contributed by atoms with Gasteiger partial charge in [-0.2, -0.15) is 4.90 Å². The van der Waals surface area contributed by atoms with E-state index in [2.05, 4.69) is 10.1 Å². The van der Waals surface area contributed by atoms with E-state index in [0.717, 1.165) is 5.56 Å². The predicted octanol–water partition coefficient (Wildman–Crippen LogP) is 2.55. The highest BCUT2D eigenvalue weighted by Gasteiger charge is 2.45. The van der Waals surface area contributed by atoms with Crippen molar-refractivity contribution in [3.63, 3.8) is 0 Å². The van der Waals surface area contributed by atoms with Gasteiger partial charge in [0.25, 0.3) is 5.91 Å². The maximum absolute atomic E-state index is 12.1. The van der Waals surface area contributed by atoms with Gasteiger partial charge >= 0.3 is 12.2 Å². The first-order valence-corrected chi connectivity index (χ1v) is 8.38. The van der Waals surface area contributed by atoms with Crippen LogP contribution in [0.1, 0.15) is 12.0 Å². The molecule has 1 unspecified atom stereocenters. The summed E-state index contributed by atoms with van der Waals surface area (Å²) >= 11 is 16.3. The number of carbonyl (C=O) groups excluding carboxylic acids is 4. The number of halogens is 3. The Labute approximate surface area is 163 Å². The number of benzene rings is 1. The van der Waals surface area contributed by atoms with Crippen LogP contribution in [0.4, 0.5) is 9.59 Å². The second-order valence-electron chi connectivity index (χ2n) is 5.20. The summed E-state index contributed by atoms with van der Waals surface area (Å²) in [6, 6.07) is 7.61. The Morgan fingerprint density at radius 3 is 2.42 bits per heavy atom. The lowest BCUT2D eigenvalue weighted by Crippen LogP contribution is -2.44. The number of hydrogen-bond donors (Lipinski definition) is 1. The summed E-state index contributed by atoms with van der Waals surface area (Å²) < 4.78 is 7.67. The van der Waals surface area contributed by atoms with E-state index < -0.39 is 46.9 Å². The number of amides is 4. The molecule has 1 aliphatic heterocycles. The van der Waals surface area contributed by atoms with Gasteiger partial charge in [-0.15, -0.1) is 0 Å². The third-order valence-corrected chi connectivity index (χ3v) is 3.52. The highest BCUT2D eigenvalue weighted by atomic mass is 35.6. The minimum absolute atomic E-state index is 0.0173. The van der Waals surface area contributed by atoms with Gasteiger partial charge in [0.2, 0.25) is 9.70 Å². The van der Waals surface area contributed by atoms with E-state index in [4.69, 9.17) is 39.5 Å². The molecule has 1 atom stereocenters. The fourth-order valence-electron chi connectivity index (χ4n) is 2.05. The van der Waals surface area contributed by atoms with E-state index in [-0.39, 0.29) is 11.5 Å². The van der Waals surface area contributed by atoms with Gasteiger partial charge in [-0.25, -0.2) is 9.59 Å². The fourth-order valence-corrected chi connectivity index (χ4v) is 2.22. The lowest BCUT2D eigenvalue weighted by molar-refractivity contribution is -0.136. The molecule has 0 bridgehead atoms. The zero-order chi connectivity index (χ0) is 19.3. The lowest BCUT2D eigenvalue weighted by atomic mass is 10.2. The van der Waals surface area contributed by atoms with Crippen molar-refractivity contribution in [1.29, 1.82) is 0 Å². The smallest absolute Gasteiger partial charge is 0.423 e. The van der Waals surface area contributed by atoms with Gasteiger partial charge in [0, 0.05) is 0 Å². The largest absolute Gasteiger partial charge is 0.445 e. The predicted molar refractivity (Wildman–Crippen MR) is 91.7 cm³/mol. The van der Waals surface area contributed by atoms with Crippen LogP contribution in [0.5, 0.6) is 0 Å². The summed E-state index contributed by atoms with van der Waals surface area (Å²) in [7, 11) is 0. The number of nitrogens with one attached hydrogen (secondary N) is 1. The minimum atomic E-state index is -1.89. The van der Waals surface area contributed by atoms with Crippen molar-refractivity contribution < 1.29 is 28.7 Å². The van der Waals surface area contributed by atoms with E-state index in [1.807, 2.05) is 6.07 Å². The summed E-state index contributed by atoms with van der Waals surface area (Å²) in [5.41, 5.74) is 0.744. The zero-order valence-corrected chi connectivity index (χ0v) is 15.4. The number of alkyl carbamates (subject to hydrolysis) is 1. The fraction of sp³-hybridized carbons (Fsp3) is 0.333. The maximum atomic E-state index is 12.1. The molecule has 2 rings (SSSR count). The average Bonchev–Trinajstić information content (AvgIpc) is 2.85. The average molecular weight is 424 g/mol. The molecule has 0 saturated carbocycles. The molecule has 8 nitrogen and oxygen atoms in total. The van der Waals surface area contributed by atoms with E-state index in [9.17, 15) is 19.2 Å². The molecule has 0 radical (unpaired) electrons. The number of alkyl halides is 3. The molecule has 1 aromatic rings. The highest BCUT2D eigenvalue weighted by Crippen LogP contribution is 2.26. The number of likely N-dealkylation sites (tertiary alicyclic amines) is 1. The first-order valence-electron chi connectivity index (χ1n) is 7.25. The SMILES string of the molecule is O=C(NC1CC(=O)N(C(=O)OCC(Cl)(Cl)Cl)C1=O)OCc1ccccc1. The van der Waals surface area contributed by atoms with Gasteiger partial charge in [0.05, 0.1) is 6.42 Å². The van der Waals surface area contributed by atoms with Gasteiger partial charge in [0.1, 0.15) is 19.3 Å². The number of nitrogens with zero attached hydrogens (tertiary/aromatic N) is 1. The summed E-state index contributed by atoms with van der Waals surface area (Å²) in [5, 5.41) is 2.23. The number of ether oxygens (including phenoxy) is 2. The molecule has 4 amide bonds. The van der Waals surface area contributed by atoms with Gasteiger partial charge in [-0.3, -0.25) is 9.59 Å². The van der Waals surface area contributed by atoms with Crippen LogP contribution in [0, 0.1) is 0 Å². The summed E-state index contributed by atoms with van der Waals surface area (Å²) in [4.78, 5) is 47.8. The van der Waals surface area contributed by atoms with Crippen molar-refractivity contribution in [3.05, 3.63) is 35.9 Å². The molecule has 1 heterocycles. The number of hydrogen-bond acceptors (Lipinski definition) is 6. The molecule has 0 aromatic heterocycles. The van der Waals surface area contributed by atoms with Crippen molar-refractivity contribution in [1.82, 2.24) is 10.2 Å². The van der Waals surface area contributed by atoms with Crippen LogP contribution in [0.3, 0.4) is 0 Å². The number of imide groups is 3. The molecule has 26 heavy (non-hydrogen) atoms. The highest BCUT2D eigenvalue weighted by molar-refractivity contribution is 6.67. The Morgan fingerprint density at radius 2 is 1.81 bits per heavy atom. The third kappa shape index (κ3) is 5.76. The normalized spacial score (nSPS) is 17.2. The van der Waals surface area contributed by atoms with E-state index in [1.165, 1.54) is 0 Å². The van der Waals surface area contributed by atoms with Crippen molar-refractivity contribution in [3.8, 4) is 0 Å². The van der Waals surface area contributed by atoms with Crippen LogP contribution in [0.2, 0.25) is 0 Å². The van der Waals surface area contributed by atoms with Gasteiger partial charge in [0.15, 0.2) is 0 Å². The van der Waals surface area contributed by atoms with E-state index in [1.54, 1.807) is 24.3 Å². The van der Waals surface area contributed by atoms with Crippen LogP contribution < -0.4 is 5.32 Å². The zero-order valence-electron chi connectivity index (χ0n) is 13.1. The summed E-state index contributed by atoms with van der Waals surface area (Å²) in [5.74, 6) is -1.81. The molecule has 1 N–H and O–H groups in total. The Kier molecular flexibility index (Phi) is 6.69. The Morgan fingerprint density at radius 1 is 1.15 bits per heavy atom. The van der Waals surface area contributed by atoms with E-state index >= 15 is 0 Å². The van der Waals surface area contributed by atoms with Crippen LogP contribution in [-0.2, 0) is 25.7 Å². The Bertz CT molecular complexity index is 707. The number of rotatable bonds is 4. The third-order valence-electron chi connectivity index (χ3n) is 3.19. The second-order valence-corrected chi connectivity index (χ2v) is 7.72. The van der Waals surface area contributed by atoms with Crippen LogP contribution >= 0.6 is 34.8 Å². The van der Waals surface area contributed by atoms with Crippen LogP contribution in [0.15, 0.2) is 30.3 Å². The van der Waals surface area contributed by atoms with Gasteiger partial charge in [-0.1, -0.05) is 65.1 Å². The molecule has 0 spiro atoms. The standard InChI is InChI=1S/C15H13Cl3N2O6/c16-15(17,18)8-26-14(24)20-11(21)6-10(12(20)22)19-13(23)25-7-9-4-2-1-3-5-9/h1-5,10H,6-8H2,(H,19,23). The van der Waals surface area contributed by atoms with Crippen molar-refractivity contribution in [2.45, 2.75) is 22.9 Å². The van der Waals surface area contributed by atoms with Gasteiger partial charge < -0.3 is 14.8 Å². The molecule has 11 heteroatoms. The van der Waals surface area contributed by atoms with E-state index in [0.29, 0.717) is 0 Å². The molecule has 1 aromatic carbocycles. The molecule has 0 aliphatic carbocycles.